The van der Waals surface area contributed by atoms with E-state index in [1.165, 1.54) is 18.2 Å². The van der Waals surface area contributed by atoms with Crippen LogP contribution in [0.3, 0.4) is 0 Å². The highest BCUT2D eigenvalue weighted by Crippen LogP contribution is 2.04. The molecule has 6 heteroatoms. The van der Waals surface area contributed by atoms with Gasteiger partial charge >= 0.3 is 5.97 Å². The Morgan fingerprint density at radius 3 is 2.57 bits per heavy atom. The highest BCUT2D eigenvalue weighted by atomic mass is 16.4. The van der Waals surface area contributed by atoms with Crippen LogP contribution in [0.15, 0.2) is 42.6 Å². The second-order valence-electron chi connectivity index (χ2n) is 4.43. The Bertz CT molecular complexity index is 672. The lowest BCUT2D eigenvalue weighted by Gasteiger charge is -2.03. The fraction of sp³-hybridized carbons (Fsp3) is 0.133. The van der Waals surface area contributed by atoms with E-state index in [1.807, 2.05) is 0 Å². The molecule has 1 amide bonds. The molecule has 0 unspecified atom stereocenters. The van der Waals surface area contributed by atoms with E-state index in [-0.39, 0.29) is 11.5 Å². The quantitative estimate of drug-likeness (QED) is 0.814. The van der Waals surface area contributed by atoms with Crippen LogP contribution in [0, 0.1) is 0 Å². The van der Waals surface area contributed by atoms with Crippen LogP contribution < -0.4 is 5.32 Å². The second kappa shape index (κ2) is 6.51. The van der Waals surface area contributed by atoms with E-state index in [9.17, 15) is 9.59 Å². The molecule has 2 N–H and O–H groups in total. The zero-order valence-electron chi connectivity index (χ0n) is 11.5. The van der Waals surface area contributed by atoms with Gasteiger partial charge in [-0.3, -0.25) is 9.48 Å². The average molecular weight is 285 g/mol. The number of carboxylic acids is 1. The Morgan fingerprint density at radius 1 is 1.29 bits per heavy atom. The van der Waals surface area contributed by atoms with Gasteiger partial charge in [-0.05, 0) is 29.8 Å². The van der Waals surface area contributed by atoms with Gasteiger partial charge in [0.15, 0.2) is 0 Å². The van der Waals surface area contributed by atoms with Crippen molar-refractivity contribution >= 4 is 18.0 Å². The van der Waals surface area contributed by atoms with Gasteiger partial charge in [0.1, 0.15) is 0 Å². The highest BCUT2D eigenvalue weighted by Gasteiger charge is 2.02. The van der Waals surface area contributed by atoms with Gasteiger partial charge in [0, 0.05) is 25.9 Å². The summed E-state index contributed by atoms with van der Waals surface area (Å²) in [6, 6.07) is 8.17. The molecule has 0 atom stereocenters. The Kier molecular flexibility index (Phi) is 4.50. The predicted molar refractivity (Wildman–Crippen MR) is 77.5 cm³/mol. The molecular formula is C15H15N3O3. The molecule has 0 saturated heterocycles. The minimum Gasteiger partial charge on any atom is -0.478 e. The van der Waals surface area contributed by atoms with Gasteiger partial charge in [0.05, 0.1) is 11.3 Å². The van der Waals surface area contributed by atoms with Crippen molar-refractivity contribution in [2.24, 2.45) is 7.05 Å². The third-order valence-electron chi connectivity index (χ3n) is 2.93. The first-order valence-corrected chi connectivity index (χ1v) is 6.32. The van der Waals surface area contributed by atoms with Crippen LogP contribution in [-0.2, 0) is 18.4 Å². The van der Waals surface area contributed by atoms with Crippen LogP contribution in [0.2, 0.25) is 0 Å². The number of hydrogen-bond acceptors (Lipinski definition) is 3. The number of hydrogen-bond donors (Lipinski definition) is 2. The molecule has 2 aromatic rings. The van der Waals surface area contributed by atoms with E-state index in [0.717, 1.165) is 11.3 Å². The van der Waals surface area contributed by atoms with Crippen molar-refractivity contribution in [3.05, 3.63) is 59.4 Å². The molecule has 1 aromatic heterocycles. The normalized spacial score (nSPS) is 10.7. The van der Waals surface area contributed by atoms with Crippen molar-refractivity contribution in [1.29, 1.82) is 0 Å². The summed E-state index contributed by atoms with van der Waals surface area (Å²) < 4.78 is 1.66. The summed E-state index contributed by atoms with van der Waals surface area (Å²) in [5, 5.41) is 15.5. The molecule has 1 aromatic carbocycles. The maximum absolute atomic E-state index is 11.7. The smallest absolute Gasteiger partial charge is 0.335 e. The number of nitrogens with one attached hydrogen (secondary N) is 1. The SMILES string of the molecule is Cn1nccc1/C=C/C(=O)NCc1ccc(C(=O)O)cc1. The van der Waals surface area contributed by atoms with Gasteiger partial charge in [0.25, 0.3) is 0 Å². The van der Waals surface area contributed by atoms with Crippen LogP contribution in [0.4, 0.5) is 0 Å². The van der Waals surface area contributed by atoms with Crippen molar-refractivity contribution in [2.75, 3.05) is 0 Å². The first kappa shape index (κ1) is 14.5. The number of aryl methyl sites for hydroxylation is 1. The number of amides is 1. The Morgan fingerprint density at radius 2 is 2.00 bits per heavy atom. The summed E-state index contributed by atoms with van der Waals surface area (Å²) in [4.78, 5) is 22.4. The summed E-state index contributed by atoms with van der Waals surface area (Å²) in [6.07, 6.45) is 4.76. The zero-order chi connectivity index (χ0) is 15.2. The van der Waals surface area contributed by atoms with Gasteiger partial charge < -0.3 is 10.4 Å². The van der Waals surface area contributed by atoms with Crippen LogP contribution >= 0.6 is 0 Å². The Labute approximate surface area is 121 Å². The predicted octanol–water partition coefficient (Wildman–Crippen LogP) is 1.45. The molecule has 0 radical (unpaired) electrons. The molecule has 0 aliphatic rings. The Hall–Kier alpha value is -2.89. The van der Waals surface area contributed by atoms with Crippen LogP contribution in [0.25, 0.3) is 6.08 Å². The third kappa shape index (κ3) is 4.04. The summed E-state index contributed by atoms with van der Waals surface area (Å²) in [6.45, 7) is 0.342. The monoisotopic (exact) mass is 285 g/mol. The van der Waals surface area contributed by atoms with Crippen molar-refractivity contribution in [2.45, 2.75) is 6.54 Å². The molecule has 2 rings (SSSR count). The number of nitrogens with zero attached hydrogens (tertiary/aromatic N) is 2. The summed E-state index contributed by atoms with van der Waals surface area (Å²) >= 11 is 0. The largest absolute Gasteiger partial charge is 0.478 e. The molecular weight excluding hydrogens is 270 g/mol. The van der Waals surface area contributed by atoms with Crippen molar-refractivity contribution in [1.82, 2.24) is 15.1 Å². The molecule has 0 aliphatic heterocycles. The molecule has 0 aliphatic carbocycles. The lowest BCUT2D eigenvalue weighted by atomic mass is 10.1. The maximum atomic E-state index is 11.7. The lowest BCUT2D eigenvalue weighted by molar-refractivity contribution is -0.116. The van der Waals surface area contributed by atoms with Gasteiger partial charge in [0.2, 0.25) is 5.91 Å². The number of benzene rings is 1. The fourth-order valence-corrected chi connectivity index (χ4v) is 1.72. The van der Waals surface area contributed by atoms with Crippen LogP contribution in [-0.4, -0.2) is 26.8 Å². The number of carbonyl (C=O) groups is 2. The van der Waals surface area contributed by atoms with E-state index in [4.69, 9.17) is 5.11 Å². The number of carboxylic acid groups (broad SMARTS) is 1. The maximum Gasteiger partial charge on any atom is 0.335 e. The fourth-order valence-electron chi connectivity index (χ4n) is 1.72. The first-order valence-electron chi connectivity index (χ1n) is 6.32. The first-order chi connectivity index (χ1) is 10.1. The molecule has 108 valence electrons. The second-order valence-corrected chi connectivity index (χ2v) is 4.43. The molecule has 0 bridgehead atoms. The topological polar surface area (TPSA) is 84.2 Å². The standard InChI is InChI=1S/C15H15N3O3/c1-18-13(8-9-17-18)6-7-14(19)16-10-11-2-4-12(5-3-11)15(20)21/h2-9H,10H2,1H3,(H,16,19)(H,20,21)/b7-6+. The number of carbonyl (C=O) groups excluding carboxylic acids is 1. The van der Waals surface area contributed by atoms with Crippen molar-refractivity contribution < 1.29 is 14.7 Å². The van der Waals surface area contributed by atoms with Gasteiger partial charge in [-0.25, -0.2) is 4.79 Å². The van der Waals surface area contributed by atoms with Gasteiger partial charge in [-0.2, -0.15) is 5.10 Å². The summed E-state index contributed by atoms with van der Waals surface area (Å²) in [5.41, 5.74) is 1.89. The number of aromatic nitrogens is 2. The van der Waals surface area contributed by atoms with E-state index >= 15 is 0 Å². The van der Waals surface area contributed by atoms with Gasteiger partial charge in [-0.15, -0.1) is 0 Å². The van der Waals surface area contributed by atoms with E-state index in [1.54, 1.807) is 42.2 Å². The van der Waals surface area contributed by atoms with E-state index in [2.05, 4.69) is 10.4 Å². The van der Waals surface area contributed by atoms with E-state index in [0.29, 0.717) is 6.54 Å². The minimum absolute atomic E-state index is 0.223. The van der Waals surface area contributed by atoms with Crippen LogP contribution in [0.1, 0.15) is 21.6 Å². The van der Waals surface area contributed by atoms with Crippen molar-refractivity contribution in [3.8, 4) is 0 Å². The number of rotatable bonds is 5. The molecule has 1 heterocycles. The Balaban J connectivity index is 1.88. The van der Waals surface area contributed by atoms with Crippen LogP contribution in [0.5, 0.6) is 0 Å². The summed E-state index contributed by atoms with van der Waals surface area (Å²) in [7, 11) is 1.79. The lowest BCUT2D eigenvalue weighted by Crippen LogP contribution is -2.20. The zero-order valence-corrected chi connectivity index (χ0v) is 11.5. The number of aromatic carboxylic acids is 1. The van der Waals surface area contributed by atoms with E-state index < -0.39 is 5.97 Å². The third-order valence-corrected chi connectivity index (χ3v) is 2.93. The summed E-state index contributed by atoms with van der Waals surface area (Å²) in [5.74, 6) is -1.19. The average Bonchev–Trinajstić information content (AvgIpc) is 2.88. The molecule has 0 fully saturated rings. The molecule has 21 heavy (non-hydrogen) atoms. The molecule has 6 nitrogen and oxygen atoms in total. The minimum atomic E-state index is -0.968. The molecule has 0 spiro atoms. The molecule has 0 saturated carbocycles. The highest BCUT2D eigenvalue weighted by molar-refractivity contribution is 5.91. The van der Waals surface area contributed by atoms with Crippen molar-refractivity contribution in [3.63, 3.8) is 0 Å². The van der Waals surface area contributed by atoms with Gasteiger partial charge in [-0.1, -0.05) is 12.1 Å².